The lowest BCUT2D eigenvalue weighted by Crippen LogP contribution is -2.39. The van der Waals surface area contributed by atoms with Gasteiger partial charge in [-0.2, -0.15) is 0 Å². The van der Waals surface area contributed by atoms with Crippen LogP contribution in [0.4, 0.5) is 11.4 Å². The number of likely N-dealkylation sites (tertiary alicyclic amines) is 1. The van der Waals surface area contributed by atoms with Crippen molar-refractivity contribution in [1.82, 2.24) is 10.2 Å². The molecule has 2 rings (SSSR count). The largest absolute Gasteiger partial charge is 0.397 e. The number of nitrogens with zero attached hydrogens (tertiary/aromatic N) is 1. The van der Waals surface area contributed by atoms with E-state index in [-0.39, 0.29) is 5.91 Å². The molecule has 0 bridgehead atoms. The first-order valence-electron chi connectivity index (χ1n) is 6.67. The Morgan fingerprint density at radius 1 is 1.47 bits per heavy atom. The maximum atomic E-state index is 11.5. The second-order valence-electron chi connectivity index (χ2n) is 5.13. The molecule has 0 aliphatic carbocycles. The van der Waals surface area contributed by atoms with Crippen molar-refractivity contribution in [2.45, 2.75) is 18.9 Å². The molecule has 0 spiro atoms. The molecule has 1 aromatic rings. The fraction of sp³-hybridized carbons (Fsp3) is 0.500. The quantitative estimate of drug-likeness (QED) is 0.714. The summed E-state index contributed by atoms with van der Waals surface area (Å²) in [4.78, 5) is 13.8. The van der Waals surface area contributed by atoms with Crippen molar-refractivity contribution in [2.24, 2.45) is 0 Å². The van der Waals surface area contributed by atoms with Crippen LogP contribution >= 0.6 is 0 Å². The van der Waals surface area contributed by atoms with Crippen LogP contribution < -0.4 is 16.4 Å². The lowest BCUT2D eigenvalue weighted by atomic mass is 10.1. The van der Waals surface area contributed by atoms with Crippen LogP contribution in [0.3, 0.4) is 0 Å². The zero-order valence-electron chi connectivity index (χ0n) is 11.6. The summed E-state index contributed by atoms with van der Waals surface area (Å²) in [5.74, 6) is -0.115. The van der Waals surface area contributed by atoms with Gasteiger partial charge in [0.25, 0.3) is 5.91 Å². The van der Waals surface area contributed by atoms with Crippen LogP contribution in [0.15, 0.2) is 18.2 Å². The molecular weight excluding hydrogens is 240 g/mol. The van der Waals surface area contributed by atoms with E-state index in [9.17, 15) is 4.79 Å². The minimum absolute atomic E-state index is 0.115. The van der Waals surface area contributed by atoms with E-state index in [1.807, 2.05) is 6.07 Å². The van der Waals surface area contributed by atoms with Crippen LogP contribution in [0.1, 0.15) is 23.2 Å². The fourth-order valence-corrected chi connectivity index (χ4v) is 2.48. The molecule has 104 valence electrons. The van der Waals surface area contributed by atoms with Gasteiger partial charge in [0.1, 0.15) is 0 Å². The second-order valence-corrected chi connectivity index (χ2v) is 5.13. The first-order valence-corrected chi connectivity index (χ1v) is 6.67. The van der Waals surface area contributed by atoms with Gasteiger partial charge in [0.15, 0.2) is 0 Å². The molecular formula is C14H22N4O. The summed E-state index contributed by atoms with van der Waals surface area (Å²) < 4.78 is 0. The van der Waals surface area contributed by atoms with Gasteiger partial charge in [-0.25, -0.2) is 0 Å². The number of nitrogens with two attached hydrogens (primary N) is 1. The smallest absolute Gasteiger partial charge is 0.251 e. The zero-order valence-corrected chi connectivity index (χ0v) is 11.6. The van der Waals surface area contributed by atoms with Gasteiger partial charge in [-0.05, 0) is 44.6 Å². The van der Waals surface area contributed by atoms with Crippen molar-refractivity contribution in [1.29, 1.82) is 0 Å². The third-order valence-corrected chi connectivity index (χ3v) is 3.52. The number of nitrogen functional groups attached to an aromatic ring is 1. The van der Waals surface area contributed by atoms with E-state index in [1.165, 1.54) is 6.42 Å². The first kappa shape index (κ1) is 13.7. The van der Waals surface area contributed by atoms with Crippen molar-refractivity contribution in [3.63, 3.8) is 0 Å². The Labute approximate surface area is 114 Å². The lowest BCUT2D eigenvalue weighted by molar-refractivity contribution is 0.0963. The van der Waals surface area contributed by atoms with E-state index in [0.717, 1.165) is 25.2 Å². The number of hydrogen-bond donors (Lipinski definition) is 3. The standard InChI is InChI=1S/C14H22N4O/c1-16-14(19)10-5-6-13(12(15)8-10)17-11-4-3-7-18(2)9-11/h5-6,8,11,17H,3-4,7,9,15H2,1-2H3,(H,16,19). The van der Waals surface area contributed by atoms with Crippen LogP contribution in [-0.4, -0.2) is 44.0 Å². The number of rotatable bonds is 3. The zero-order chi connectivity index (χ0) is 13.8. The second kappa shape index (κ2) is 5.93. The number of carbonyl (C=O) groups is 1. The predicted octanol–water partition coefficient (Wildman–Crippen LogP) is 1.13. The van der Waals surface area contributed by atoms with E-state index in [4.69, 9.17) is 5.73 Å². The molecule has 19 heavy (non-hydrogen) atoms. The number of carbonyl (C=O) groups excluding carboxylic acids is 1. The van der Waals surface area contributed by atoms with Gasteiger partial charge in [-0.1, -0.05) is 0 Å². The molecule has 1 unspecified atom stereocenters. The van der Waals surface area contributed by atoms with Crippen LogP contribution in [-0.2, 0) is 0 Å². The van der Waals surface area contributed by atoms with Crippen molar-refractivity contribution in [2.75, 3.05) is 38.2 Å². The number of nitrogens with one attached hydrogen (secondary N) is 2. The number of amides is 1. The molecule has 1 saturated heterocycles. The first-order chi connectivity index (χ1) is 9.10. The van der Waals surface area contributed by atoms with Gasteiger partial charge in [-0.15, -0.1) is 0 Å². The van der Waals surface area contributed by atoms with E-state index in [1.54, 1.807) is 19.2 Å². The molecule has 4 N–H and O–H groups in total. The lowest BCUT2D eigenvalue weighted by Gasteiger charge is -2.31. The summed E-state index contributed by atoms with van der Waals surface area (Å²) in [5, 5.41) is 6.06. The van der Waals surface area contributed by atoms with Crippen molar-refractivity contribution < 1.29 is 4.79 Å². The highest BCUT2D eigenvalue weighted by atomic mass is 16.1. The van der Waals surface area contributed by atoms with E-state index in [0.29, 0.717) is 17.3 Å². The average Bonchev–Trinajstić information content (AvgIpc) is 2.40. The number of likely N-dealkylation sites (N-methyl/N-ethyl adjacent to an activating group) is 1. The SMILES string of the molecule is CNC(=O)c1ccc(NC2CCCN(C)C2)c(N)c1. The van der Waals surface area contributed by atoms with Crippen LogP contribution in [0.2, 0.25) is 0 Å². The number of benzene rings is 1. The van der Waals surface area contributed by atoms with E-state index < -0.39 is 0 Å². The Morgan fingerprint density at radius 2 is 2.26 bits per heavy atom. The highest BCUT2D eigenvalue weighted by Crippen LogP contribution is 2.23. The van der Waals surface area contributed by atoms with Gasteiger partial charge in [0, 0.05) is 25.2 Å². The molecule has 1 atom stereocenters. The normalized spacial score (nSPS) is 20.0. The highest BCUT2D eigenvalue weighted by Gasteiger charge is 2.17. The predicted molar refractivity (Wildman–Crippen MR) is 78.4 cm³/mol. The topological polar surface area (TPSA) is 70.4 Å². The molecule has 1 heterocycles. The van der Waals surface area contributed by atoms with Gasteiger partial charge >= 0.3 is 0 Å². The summed E-state index contributed by atoms with van der Waals surface area (Å²) in [6.07, 6.45) is 2.35. The summed E-state index contributed by atoms with van der Waals surface area (Å²) in [7, 11) is 3.74. The van der Waals surface area contributed by atoms with Crippen molar-refractivity contribution in [3.05, 3.63) is 23.8 Å². The summed E-state index contributed by atoms with van der Waals surface area (Å²) in [5.41, 5.74) is 8.13. The Kier molecular flexibility index (Phi) is 4.27. The minimum Gasteiger partial charge on any atom is -0.397 e. The van der Waals surface area contributed by atoms with E-state index in [2.05, 4.69) is 22.6 Å². The molecule has 5 nitrogen and oxygen atoms in total. The summed E-state index contributed by atoms with van der Waals surface area (Å²) >= 11 is 0. The summed E-state index contributed by atoms with van der Waals surface area (Å²) in [6.45, 7) is 2.18. The molecule has 0 radical (unpaired) electrons. The maximum Gasteiger partial charge on any atom is 0.251 e. The maximum absolute atomic E-state index is 11.5. The van der Waals surface area contributed by atoms with Gasteiger partial charge in [-0.3, -0.25) is 4.79 Å². The van der Waals surface area contributed by atoms with E-state index >= 15 is 0 Å². The third kappa shape index (κ3) is 3.38. The number of anilines is 2. The summed E-state index contributed by atoms with van der Waals surface area (Å²) in [6, 6.07) is 5.82. The molecule has 1 fully saturated rings. The molecule has 1 aliphatic heterocycles. The van der Waals surface area contributed by atoms with Gasteiger partial charge in [0.2, 0.25) is 0 Å². The highest BCUT2D eigenvalue weighted by molar-refractivity contribution is 5.95. The minimum atomic E-state index is -0.115. The molecule has 0 aromatic heterocycles. The van der Waals surface area contributed by atoms with Crippen molar-refractivity contribution in [3.8, 4) is 0 Å². The monoisotopic (exact) mass is 262 g/mol. The van der Waals surface area contributed by atoms with Crippen LogP contribution in [0, 0.1) is 0 Å². The molecule has 0 saturated carbocycles. The fourth-order valence-electron chi connectivity index (χ4n) is 2.48. The average molecular weight is 262 g/mol. The molecule has 1 aromatic carbocycles. The van der Waals surface area contributed by atoms with Crippen LogP contribution in [0.5, 0.6) is 0 Å². The number of piperidine rings is 1. The Balaban J connectivity index is 2.06. The molecule has 5 heteroatoms. The van der Waals surface area contributed by atoms with Crippen molar-refractivity contribution >= 4 is 17.3 Å². The van der Waals surface area contributed by atoms with Gasteiger partial charge < -0.3 is 21.3 Å². The number of hydrogen-bond acceptors (Lipinski definition) is 4. The Morgan fingerprint density at radius 3 is 2.89 bits per heavy atom. The van der Waals surface area contributed by atoms with Crippen LogP contribution in [0.25, 0.3) is 0 Å². The molecule has 1 aliphatic rings. The Bertz CT molecular complexity index is 461. The molecule has 1 amide bonds. The Hall–Kier alpha value is -1.75. The van der Waals surface area contributed by atoms with Gasteiger partial charge in [0.05, 0.1) is 11.4 Å². The third-order valence-electron chi connectivity index (χ3n) is 3.52.